The molecule has 3 rings (SSSR count). The zero-order valence-corrected chi connectivity index (χ0v) is 18.7. The van der Waals surface area contributed by atoms with Gasteiger partial charge in [-0.15, -0.1) is 0 Å². The second-order valence-corrected chi connectivity index (χ2v) is 7.98. The summed E-state index contributed by atoms with van der Waals surface area (Å²) in [5.74, 6) is 1.36. The molecule has 0 aliphatic heterocycles. The summed E-state index contributed by atoms with van der Waals surface area (Å²) >= 11 is 15.6. The van der Waals surface area contributed by atoms with E-state index in [0.717, 1.165) is 21.3 Å². The molecule has 0 amide bonds. The van der Waals surface area contributed by atoms with Crippen LogP contribution in [0.1, 0.15) is 16.7 Å². The smallest absolute Gasteiger partial charge is 0.175 e. The molecule has 146 valence electrons. The number of benzene rings is 3. The fourth-order valence-corrected chi connectivity index (χ4v) is 3.65. The normalized spacial score (nSPS) is 10.6. The molecule has 28 heavy (non-hydrogen) atoms. The predicted octanol–water partition coefficient (Wildman–Crippen LogP) is 7.26. The van der Waals surface area contributed by atoms with Gasteiger partial charge >= 0.3 is 0 Å². The zero-order valence-electron chi connectivity index (χ0n) is 15.6. The number of aryl methyl sites for hydroxylation is 1. The van der Waals surface area contributed by atoms with E-state index in [-0.39, 0.29) is 0 Å². The molecular weight excluding hydrogens is 461 g/mol. The Bertz CT molecular complexity index is 979. The van der Waals surface area contributed by atoms with Crippen LogP contribution in [-0.4, -0.2) is 7.11 Å². The highest BCUT2D eigenvalue weighted by atomic mass is 79.9. The molecule has 0 saturated carbocycles. The molecule has 6 heteroatoms. The van der Waals surface area contributed by atoms with Gasteiger partial charge in [0.2, 0.25) is 0 Å². The third-order valence-electron chi connectivity index (χ3n) is 4.34. The molecule has 3 nitrogen and oxygen atoms in total. The lowest BCUT2D eigenvalue weighted by Crippen LogP contribution is -2.03. The Hall–Kier alpha value is -1.88. The van der Waals surface area contributed by atoms with Crippen LogP contribution in [0.2, 0.25) is 10.0 Å². The molecule has 0 fully saturated rings. The lowest BCUT2D eigenvalue weighted by Gasteiger charge is -2.16. The lowest BCUT2D eigenvalue weighted by atomic mass is 10.1. The minimum absolute atomic E-state index is 0.475. The third kappa shape index (κ3) is 5.13. The van der Waals surface area contributed by atoms with Crippen molar-refractivity contribution in [2.75, 3.05) is 12.4 Å². The van der Waals surface area contributed by atoms with Crippen LogP contribution < -0.4 is 14.8 Å². The summed E-state index contributed by atoms with van der Waals surface area (Å²) in [6.45, 7) is 3.15. The third-order valence-corrected chi connectivity index (χ3v) is 5.67. The van der Waals surface area contributed by atoms with Gasteiger partial charge in [-0.2, -0.15) is 0 Å². The van der Waals surface area contributed by atoms with Gasteiger partial charge < -0.3 is 14.8 Å². The largest absolute Gasteiger partial charge is 0.493 e. The molecule has 0 aliphatic rings. The predicted molar refractivity (Wildman–Crippen MR) is 120 cm³/mol. The van der Waals surface area contributed by atoms with Crippen LogP contribution in [0.25, 0.3) is 0 Å². The molecule has 0 heterocycles. The highest BCUT2D eigenvalue weighted by Gasteiger charge is 2.13. The van der Waals surface area contributed by atoms with Crippen molar-refractivity contribution in [1.29, 1.82) is 0 Å². The monoisotopic (exact) mass is 479 g/mol. The SMILES string of the molecule is COc1cc(CNc2ccc(Cl)c(Cl)c2)cc(Br)c1OCc1ccccc1C. The summed E-state index contributed by atoms with van der Waals surface area (Å²) in [7, 11) is 1.64. The number of halogens is 3. The molecule has 3 aromatic rings. The number of hydrogen-bond donors (Lipinski definition) is 1. The summed E-state index contributed by atoms with van der Waals surface area (Å²) in [6.07, 6.45) is 0. The average Bonchev–Trinajstić information content (AvgIpc) is 2.68. The van der Waals surface area contributed by atoms with Crippen molar-refractivity contribution in [3.05, 3.63) is 85.8 Å². The van der Waals surface area contributed by atoms with Gasteiger partial charge in [0.15, 0.2) is 11.5 Å². The zero-order chi connectivity index (χ0) is 20.1. The Labute approximate surface area is 183 Å². The van der Waals surface area contributed by atoms with E-state index in [1.807, 2.05) is 30.3 Å². The van der Waals surface area contributed by atoms with Gasteiger partial charge in [0.1, 0.15) is 6.61 Å². The van der Waals surface area contributed by atoms with E-state index in [2.05, 4.69) is 40.3 Å². The Morgan fingerprint density at radius 1 is 1.00 bits per heavy atom. The first-order chi connectivity index (χ1) is 13.5. The van der Waals surface area contributed by atoms with E-state index in [1.165, 1.54) is 5.56 Å². The van der Waals surface area contributed by atoms with E-state index >= 15 is 0 Å². The van der Waals surface area contributed by atoms with Crippen molar-refractivity contribution < 1.29 is 9.47 Å². The molecule has 1 N–H and O–H groups in total. The summed E-state index contributed by atoms with van der Waals surface area (Å²) < 4.78 is 12.4. The number of hydrogen-bond acceptors (Lipinski definition) is 3. The average molecular weight is 481 g/mol. The van der Waals surface area contributed by atoms with E-state index in [1.54, 1.807) is 19.2 Å². The Morgan fingerprint density at radius 3 is 2.50 bits per heavy atom. The highest BCUT2D eigenvalue weighted by Crippen LogP contribution is 2.37. The highest BCUT2D eigenvalue weighted by molar-refractivity contribution is 9.10. The van der Waals surface area contributed by atoms with Crippen molar-refractivity contribution in [3.63, 3.8) is 0 Å². The molecule has 0 spiro atoms. The van der Waals surface area contributed by atoms with Gasteiger partial charge in [-0.05, 0) is 69.9 Å². The summed E-state index contributed by atoms with van der Waals surface area (Å²) in [6, 6.07) is 17.6. The first-order valence-electron chi connectivity index (χ1n) is 8.70. The minimum Gasteiger partial charge on any atom is -0.493 e. The molecule has 0 aliphatic carbocycles. The van der Waals surface area contributed by atoms with Gasteiger partial charge in [0.25, 0.3) is 0 Å². The Kier molecular flexibility index (Phi) is 7.11. The first-order valence-corrected chi connectivity index (χ1v) is 10.3. The van der Waals surface area contributed by atoms with Crippen LogP contribution in [0.4, 0.5) is 5.69 Å². The van der Waals surface area contributed by atoms with Crippen LogP contribution in [0.3, 0.4) is 0 Å². The molecule has 0 saturated heterocycles. The Balaban J connectivity index is 1.73. The van der Waals surface area contributed by atoms with Crippen molar-refractivity contribution >= 4 is 44.8 Å². The van der Waals surface area contributed by atoms with Gasteiger partial charge in [0, 0.05) is 12.2 Å². The molecule has 0 unspecified atom stereocenters. The van der Waals surface area contributed by atoms with Gasteiger partial charge in [-0.3, -0.25) is 0 Å². The van der Waals surface area contributed by atoms with Crippen LogP contribution in [0.5, 0.6) is 11.5 Å². The standard InChI is InChI=1S/C22H20BrCl2NO2/c1-14-5-3-4-6-16(14)13-28-22-18(23)9-15(10-21(22)27-2)12-26-17-7-8-19(24)20(25)11-17/h3-11,26H,12-13H2,1-2H3. The number of anilines is 1. The van der Waals surface area contributed by atoms with Crippen LogP contribution in [0.15, 0.2) is 59.1 Å². The molecule has 0 atom stereocenters. The molecule has 0 radical (unpaired) electrons. The molecular formula is C22H20BrCl2NO2. The fraction of sp³-hybridized carbons (Fsp3) is 0.182. The van der Waals surface area contributed by atoms with Crippen LogP contribution >= 0.6 is 39.1 Å². The molecule has 0 aromatic heterocycles. The number of nitrogens with one attached hydrogen (secondary N) is 1. The van der Waals surface area contributed by atoms with Crippen molar-refractivity contribution in [1.82, 2.24) is 0 Å². The summed E-state index contributed by atoms with van der Waals surface area (Å²) in [5.41, 5.74) is 4.27. The quantitative estimate of drug-likeness (QED) is 0.385. The maximum absolute atomic E-state index is 6.07. The topological polar surface area (TPSA) is 30.5 Å². The molecule has 3 aromatic carbocycles. The van der Waals surface area contributed by atoms with Gasteiger partial charge in [-0.1, -0.05) is 47.5 Å². The minimum atomic E-state index is 0.475. The van der Waals surface area contributed by atoms with E-state index in [4.69, 9.17) is 32.7 Å². The van der Waals surface area contributed by atoms with Gasteiger partial charge in [-0.25, -0.2) is 0 Å². The summed E-state index contributed by atoms with van der Waals surface area (Å²) in [5, 5.41) is 4.38. The van der Waals surface area contributed by atoms with Crippen molar-refractivity contribution in [2.24, 2.45) is 0 Å². The maximum Gasteiger partial charge on any atom is 0.175 e. The second kappa shape index (κ2) is 9.55. The summed E-state index contributed by atoms with van der Waals surface area (Å²) in [4.78, 5) is 0. The Morgan fingerprint density at radius 2 is 1.79 bits per heavy atom. The first kappa shape index (κ1) is 20.8. The van der Waals surface area contributed by atoms with Gasteiger partial charge in [0.05, 0.1) is 21.6 Å². The fourth-order valence-electron chi connectivity index (χ4n) is 2.75. The number of rotatable bonds is 7. The number of ether oxygens (including phenoxy) is 2. The van der Waals surface area contributed by atoms with E-state index < -0.39 is 0 Å². The lowest BCUT2D eigenvalue weighted by molar-refractivity contribution is 0.282. The molecule has 0 bridgehead atoms. The maximum atomic E-state index is 6.07. The van der Waals surface area contributed by atoms with Crippen LogP contribution in [0, 0.1) is 6.92 Å². The van der Waals surface area contributed by atoms with Crippen molar-refractivity contribution in [3.8, 4) is 11.5 Å². The second-order valence-electron chi connectivity index (χ2n) is 6.31. The van der Waals surface area contributed by atoms with Crippen LogP contribution in [-0.2, 0) is 13.2 Å². The van der Waals surface area contributed by atoms with E-state index in [0.29, 0.717) is 34.7 Å². The van der Waals surface area contributed by atoms with Crippen molar-refractivity contribution in [2.45, 2.75) is 20.1 Å². The number of methoxy groups -OCH3 is 1. The van der Waals surface area contributed by atoms with E-state index in [9.17, 15) is 0 Å².